The van der Waals surface area contributed by atoms with Crippen molar-refractivity contribution in [3.8, 4) is 0 Å². The Morgan fingerprint density at radius 1 is 1.17 bits per heavy atom. The van der Waals surface area contributed by atoms with E-state index in [9.17, 15) is 0 Å². The van der Waals surface area contributed by atoms with Crippen molar-refractivity contribution >= 4 is 17.2 Å². The maximum absolute atomic E-state index is 5.72. The highest BCUT2D eigenvalue weighted by atomic mass is 32.1. The Balaban J connectivity index is 2.75. The number of hydrogen-bond donors (Lipinski definition) is 1. The van der Waals surface area contributed by atoms with Gasteiger partial charge in [-0.3, -0.25) is 4.90 Å². The first-order valence-corrected chi connectivity index (χ1v) is 6.59. The SMILES string of the molecule is CN(C)CCN(C)C(CC(N)=S)c1ccccc1. The molecule has 0 aliphatic rings. The lowest BCUT2D eigenvalue weighted by Crippen LogP contribution is -2.33. The van der Waals surface area contributed by atoms with E-state index in [0.717, 1.165) is 19.5 Å². The smallest absolute Gasteiger partial charge is 0.0746 e. The van der Waals surface area contributed by atoms with Gasteiger partial charge in [-0.15, -0.1) is 0 Å². The van der Waals surface area contributed by atoms with Crippen molar-refractivity contribution in [3.05, 3.63) is 35.9 Å². The van der Waals surface area contributed by atoms with Gasteiger partial charge in [0.2, 0.25) is 0 Å². The Morgan fingerprint density at radius 3 is 2.28 bits per heavy atom. The molecule has 0 heterocycles. The Kier molecular flexibility index (Phi) is 6.25. The van der Waals surface area contributed by atoms with Crippen LogP contribution in [0.1, 0.15) is 18.0 Å². The van der Waals surface area contributed by atoms with Crippen molar-refractivity contribution in [2.75, 3.05) is 34.2 Å². The Hall–Kier alpha value is -0.970. The third kappa shape index (κ3) is 5.12. The molecular formula is C14H23N3S. The molecule has 0 aliphatic heterocycles. The van der Waals surface area contributed by atoms with Crippen molar-refractivity contribution < 1.29 is 0 Å². The zero-order valence-corrected chi connectivity index (χ0v) is 12.3. The summed E-state index contributed by atoms with van der Waals surface area (Å²) < 4.78 is 0. The zero-order valence-electron chi connectivity index (χ0n) is 11.5. The van der Waals surface area contributed by atoms with Gasteiger partial charge < -0.3 is 10.6 Å². The Morgan fingerprint density at radius 2 is 1.78 bits per heavy atom. The van der Waals surface area contributed by atoms with Crippen molar-refractivity contribution in [1.29, 1.82) is 0 Å². The fourth-order valence-electron chi connectivity index (χ4n) is 1.91. The molecular weight excluding hydrogens is 242 g/mol. The van der Waals surface area contributed by atoms with Crippen LogP contribution in [-0.4, -0.2) is 49.0 Å². The fraction of sp³-hybridized carbons (Fsp3) is 0.500. The van der Waals surface area contributed by atoms with Crippen LogP contribution in [0.2, 0.25) is 0 Å². The second-order valence-corrected chi connectivity index (χ2v) is 5.41. The number of nitrogens with zero attached hydrogens (tertiary/aromatic N) is 2. The minimum Gasteiger partial charge on any atom is -0.393 e. The summed E-state index contributed by atoms with van der Waals surface area (Å²) in [6.07, 6.45) is 0.725. The van der Waals surface area contributed by atoms with Crippen molar-refractivity contribution in [2.24, 2.45) is 5.73 Å². The number of nitrogens with two attached hydrogens (primary N) is 1. The predicted molar refractivity (Wildman–Crippen MR) is 81.8 cm³/mol. The molecule has 0 saturated heterocycles. The van der Waals surface area contributed by atoms with Crippen molar-refractivity contribution in [3.63, 3.8) is 0 Å². The molecule has 1 rings (SSSR count). The average molecular weight is 265 g/mol. The summed E-state index contributed by atoms with van der Waals surface area (Å²) in [6, 6.07) is 10.7. The number of benzene rings is 1. The first-order chi connectivity index (χ1) is 8.50. The molecule has 0 amide bonds. The average Bonchev–Trinajstić information content (AvgIpc) is 2.34. The third-order valence-electron chi connectivity index (χ3n) is 3.01. The van der Waals surface area contributed by atoms with Crippen LogP contribution >= 0.6 is 12.2 Å². The van der Waals surface area contributed by atoms with Gasteiger partial charge in [0.15, 0.2) is 0 Å². The van der Waals surface area contributed by atoms with Gasteiger partial charge >= 0.3 is 0 Å². The van der Waals surface area contributed by atoms with Crippen molar-refractivity contribution in [2.45, 2.75) is 12.5 Å². The molecule has 0 bridgehead atoms. The molecule has 2 N–H and O–H groups in total. The second kappa shape index (κ2) is 7.46. The monoisotopic (exact) mass is 265 g/mol. The first-order valence-electron chi connectivity index (χ1n) is 6.19. The Bertz CT molecular complexity index is 365. The van der Waals surface area contributed by atoms with Crippen LogP contribution in [0, 0.1) is 0 Å². The van der Waals surface area contributed by atoms with Gasteiger partial charge in [-0.05, 0) is 26.7 Å². The molecule has 1 unspecified atom stereocenters. The largest absolute Gasteiger partial charge is 0.393 e. The van der Waals surface area contributed by atoms with Gasteiger partial charge in [0.05, 0.1) is 4.99 Å². The predicted octanol–water partition coefficient (Wildman–Crippen LogP) is 1.90. The van der Waals surface area contributed by atoms with E-state index in [1.165, 1.54) is 5.56 Å². The molecule has 0 saturated carbocycles. The maximum atomic E-state index is 5.72. The van der Waals surface area contributed by atoms with E-state index >= 15 is 0 Å². The van der Waals surface area contributed by atoms with E-state index in [4.69, 9.17) is 18.0 Å². The molecule has 0 fully saturated rings. The van der Waals surface area contributed by atoms with Crippen LogP contribution in [0.4, 0.5) is 0 Å². The molecule has 18 heavy (non-hydrogen) atoms. The molecule has 0 aromatic heterocycles. The lowest BCUT2D eigenvalue weighted by molar-refractivity contribution is 0.223. The van der Waals surface area contributed by atoms with Gasteiger partial charge in [0, 0.05) is 25.6 Å². The molecule has 4 heteroatoms. The summed E-state index contributed by atoms with van der Waals surface area (Å²) in [7, 11) is 6.29. The van der Waals surface area contributed by atoms with Crippen LogP contribution in [0.15, 0.2) is 30.3 Å². The van der Waals surface area contributed by atoms with E-state index in [2.05, 4.69) is 55.2 Å². The Labute approximate surface area is 116 Å². The minimum absolute atomic E-state index is 0.267. The van der Waals surface area contributed by atoms with Gasteiger partial charge in [0.1, 0.15) is 0 Å². The van der Waals surface area contributed by atoms with E-state index in [1.807, 2.05) is 6.07 Å². The van der Waals surface area contributed by atoms with E-state index in [-0.39, 0.29) is 6.04 Å². The molecule has 0 aliphatic carbocycles. The highest BCUT2D eigenvalue weighted by Gasteiger charge is 2.17. The molecule has 0 radical (unpaired) electrons. The standard InChI is InChI=1S/C14H23N3S/c1-16(2)9-10-17(3)13(11-14(15)18)12-7-5-4-6-8-12/h4-8,13H,9-11H2,1-3H3,(H2,15,18). The second-order valence-electron chi connectivity index (χ2n) is 4.88. The fourth-order valence-corrected chi connectivity index (χ4v) is 2.07. The number of rotatable bonds is 7. The van der Waals surface area contributed by atoms with Gasteiger partial charge in [-0.25, -0.2) is 0 Å². The number of likely N-dealkylation sites (N-methyl/N-ethyl adjacent to an activating group) is 2. The van der Waals surface area contributed by atoms with Crippen molar-refractivity contribution in [1.82, 2.24) is 9.80 Å². The summed E-state index contributed by atoms with van der Waals surface area (Å²) in [5.74, 6) is 0. The highest BCUT2D eigenvalue weighted by molar-refractivity contribution is 7.80. The van der Waals surface area contributed by atoms with E-state index < -0.39 is 0 Å². The van der Waals surface area contributed by atoms with Gasteiger partial charge in [0.25, 0.3) is 0 Å². The summed E-state index contributed by atoms with van der Waals surface area (Å²) in [6.45, 7) is 2.02. The molecule has 1 aromatic carbocycles. The van der Waals surface area contributed by atoms with Crippen LogP contribution < -0.4 is 5.73 Å². The lowest BCUT2D eigenvalue weighted by Gasteiger charge is -2.29. The highest BCUT2D eigenvalue weighted by Crippen LogP contribution is 2.22. The van der Waals surface area contributed by atoms with E-state index in [1.54, 1.807) is 0 Å². The van der Waals surface area contributed by atoms with Crippen LogP contribution in [0.5, 0.6) is 0 Å². The normalized spacial score (nSPS) is 12.9. The number of hydrogen-bond acceptors (Lipinski definition) is 3. The number of thiocarbonyl (C=S) groups is 1. The molecule has 100 valence electrons. The minimum atomic E-state index is 0.267. The topological polar surface area (TPSA) is 32.5 Å². The molecule has 1 atom stereocenters. The lowest BCUT2D eigenvalue weighted by atomic mass is 10.0. The summed E-state index contributed by atoms with van der Waals surface area (Å²) in [5, 5.41) is 0. The van der Waals surface area contributed by atoms with Crippen LogP contribution in [0.3, 0.4) is 0 Å². The molecule has 3 nitrogen and oxygen atoms in total. The van der Waals surface area contributed by atoms with E-state index in [0.29, 0.717) is 4.99 Å². The van der Waals surface area contributed by atoms with Crippen LogP contribution in [-0.2, 0) is 0 Å². The van der Waals surface area contributed by atoms with Gasteiger partial charge in [-0.1, -0.05) is 42.5 Å². The summed E-state index contributed by atoms with van der Waals surface area (Å²) in [4.78, 5) is 5.06. The first kappa shape index (κ1) is 15.1. The quantitative estimate of drug-likeness (QED) is 0.763. The molecule has 0 spiro atoms. The molecule has 1 aromatic rings. The summed E-state index contributed by atoms with van der Waals surface area (Å²) in [5.41, 5.74) is 6.99. The van der Waals surface area contributed by atoms with Crippen LogP contribution in [0.25, 0.3) is 0 Å². The summed E-state index contributed by atoms with van der Waals surface area (Å²) >= 11 is 5.07. The zero-order chi connectivity index (χ0) is 13.5. The third-order valence-corrected chi connectivity index (χ3v) is 3.18. The maximum Gasteiger partial charge on any atom is 0.0746 e. The van der Waals surface area contributed by atoms with Gasteiger partial charge in [-0.2, -0.15) is 0 Å².